The Hall–Kier alpha value is -1.91. The van der Waals surface area contributed by atoms with Crippen LogP contribution in [0.1, 0.15) is 43.7 Å². The van der Waals surface area contributed by atoms with Gasteiger partial charge < -0.3 is 19.7 Å². The van der Waals surface area contributed by atoms with E-state index in [2.05, 4.69) is 5.32 Å². The number of ether oxygens (including phenoxy) is 2. The summed E-state index contributed by atoms with van der Waals surface area (Å²) in [5.74, 6) is 3.05. The molecule has 24 heavy (non-hydrogen) atoms. The number of carbonyl (C=O) groups is 1. The van der Waals surface area contributed by atoms with E-state index in [1.165, 1.54) is 25.7 Å². The minimum atomic E-state index is 0.0214. The Balaban J connectivity index is 1.44. The van der Waals surface area contributed by atoms with E-state index in [0.29, 0.717) is 6.61 Å². The van der Waals surface area contributed by atoms with Crippen LogP contribution in [-0.2, 0) is 0 Å². The SMILES string of the molecule is COc1ccc2c(c1)OCCC2NC(=O)N(CC1CC1)CC1CC1. The van der Waals surface area contributed by atoms with Crippen LogP contribution in [0.5, 0.6) is 11.5 Å². The van der Waals surface area contributed by atoms with Crippen LogP contribution in [0, 0.1) is 11.8 Å². The fraction of sp³-hybridized carbons (Fsp3) is 0.632. The van der Waals surface area contributed by atoms with Crippen LogP contribution in [0.3, 0.4) is 0 Å². The third-order valence-corrected chi connectivity index (χ3v) is 5.20. The summed E-state index contributed by atoms with van der Waals surface area (Å²) in [5.41, 5.74) is 1.05. The number of amides is 2. The second-order valence-corrected chi connectivity index (χ2v) is 7.33. The zero-order valence-electron chi connectivity index (χ0n) is 14.3. The number of fused-ring (bicyclic) bond motifs is 1. The maximum Gasteiger partial charge on any atom is 0.317 e. The van der Waals surface area contributed by atoms with Gasteiger partial charge in [0.2, 0.25) is 0 Å². The van der Waals surface area contributed by atoms with Crippen LogP contribution in [0.15, 0.2) is 18.2 Å². The Bertz CT molecular complexity index is 597. The zero-order chi connectivity index (χ0) is 16.5. The number of nitrogens with zero attached hydrogens (tertiary/aromatic N) is 1. The number of carbonyl (C=O) groups excluding carboxylic acids is 1. The molecule has 5 nitrogen and oxygen atoms in total. The van der Waals surface area contributed by atoms with E-state index in [4.69, 9.17) is 9.47 Å². The van der Waals surface area contributed by atoms with Crippen molar-refractivity contribution in [3.05, 3.63) is 23.8 Å². The number of hydrogen-bond donors (Lipinski definition) is 1. The van der Waals surface area contributed by atoms with Gasteiger partial charge in [-0.1, -0.05) is 0 Å². The Morgan fingerprint density at radius 1 is 1.21 bits per heavy atom. The molecule has 2 amide bonds. The van der Waals surface area contributed by atoms with Gasteiger partial charge in [-0.05, 0) is 49.7 Å². The Morgan fingerprint density at radius 2 is 1.92 bits per heavy atom. The van der Waals surface area contributed by atoms with Crippen molar-refractivity contribution in [3.63, 3.8) is 0 Å². The van der Waals surface area contributed by atoms with Crippen molar-refractivity contribution < 1.29 is 14.3 Å². The standard InChI is InChI=1S/C19H26N2O3/c1-23-15-6-7-16-17(8-9-24-18(16)10-15)20-19(22)21(11-13-2-3-13)12-14-4-5-14/h6-7,10,13-14,17H,2-5,8-9,11-12H2,1H3,(H,20,22). The lowest BCUT2D eigenvalue weighted by Gasteiger charge is -2.30. The van der Waals surface area contributed by atoms with Crippen molar-refractivity contribution >= 4 is 6.03 Å². The smallest absolute Gasteiger partial charge is 0.317 e. The van der Waals surface area contributed by atoms with Gasteiger partial charge in [0.15, 0.2) is 0 Å². The summed E-state index contributed by atoms with van der Waals surface area (Å²) in [6.45, 7) is 2.46. The van der Waals surface area contributed by atoms with E-state index in [1.54, 1.807) is 7.11 Å². The van der Waals surface area contributed by atoms with Gasteiger partial charge in [-0.25, -0.2) is 4.79 Å². The third kappa shape index (κ3) is 3.60. The van der Waals surface area contributed by atoms with Crippen LogP contribution in [0.25, 0.3) is 0 Å². The van der Waals surface area contributed by atoms with Gasteiger partial charge in [-0.3, -0.25) is 0 Å². The molecule has 1 aromatic rings. The molecule has 2 fully saturated rings. The molecule has 4 rings (SSSR count). The van der Waals surface area contributed by atoms with Crippen molar-refractivity contribution in [1.29, 1.82) is 0 Å². The van der Waals surface area contributed by atoms with Gasteiger partial charge in [-0.15, -0.1) is 0 Å². The first kappa shape index (κ1) is 15.6. The lowest BCUT2D eigenvalue weighted by atomic mass is 10.0. The molecule has 130 valence electrons. The van der Waals surface area contributed by atoms with Crippen molar-refractivity contribution in [2.45, 2.75) is 38.1 Å². The summed E-state index contributed by atoms with van der Waals surface area (Å²) in [4.78, 5) is 14.9. The molecule has 0 spiro atoms. The van der Waals surface area contributed by atoms with E-state index in [9.17, 15) is 4.79 Å². The quantitative estimate of drug-likeness (QED) is 0.870. The molecule has 1 N–H and O–H groups in total. The molecule has 1 unspecified atom stereocenters. The summed E-state index contributed by atoms with van der Waals surface area (Å²) in [7, 11) is 1.65. The van der Waals surface area contributed by atoms with Gasteiger partial charge in [-0.2, -0.15) is 0 Å². The second-order valence-electron chi connectivity index (χ2n) is 7.33. The van der Waals surface area contributed by atoms with Crippen LogP contribution >= 0.6 is 0 Å². The van der Waals surface area contributed by atoms with Gasteiger partial charge in [0.25, 0.3) is 0 Å². The number of benzene rings is 1. The topological polar surface area (TPSA) is 50.8 Å². The first-order valence-corrected chi connectivity index (χ1v) is 9.09. The van der Waals surface area contributed by atoms with E-state index in [-0.39, 0.29) is 12.1 Å². The molecule has 2 aliphatic carbocycles. The molecule has 0 radical (unpaired) electrons. The molecule has 2 saturated carbocycles. The fourth-order valence-corrected chi connectivity index (χ4v) is 3.35. The first-order valence-electron chi connectivity index (χ1n) is 9.09. The Labute approximate surface area is 143 Å². The van der Waals surface area contributed by atoms with Gasteiger partial charge >= 0.3 is 6.03 Å². The van der Waals surface area contributed by atoms with E-state index >= 15 is 0 Å². The minimum absolute atomic E-state index is 0.0214. The molecule has 5 heteroatoms. The highest BCUT2D eigenvalue weighted by atomic mass is 16.5. The van der Waals surface area contributed by atoms with Crippen LogP contribution in [0.2, 0.25) is 0 Å². The lowest BCUT2D eigenvalue weighted by Crippen LogP contribution is -2.44. The molecule has 0 bridgehead atoms. The number of urea groups is 1. The normalized spacial score (nSPS) is 22.3. The van der Waals surface area contributed by atoms with E-state index < -0.39 is 0 Å². The Kier molecular flexibility index (Phi) is 4.25. The number of rotatable bonds is 6. The van der Waals surface area contributed by atoms with Crippen LogP contribution < -0.4 is 14.8 Å². The maximum absolute atomic E-state index is 12.8. The van der Waals surface area contributed by atoms with Crippen molar-refractivity contribution in [2.24, 2.45) is 11.8 Å². The Morgan fingerprint density at radius 3 is 2.54 bits per heavy atom. The summed E-state index contributed by atoms with van der Waals surface area (Å²) in [6.07, 6.45) is 5.90. The third-order valence-electron chi connectivity index (χ3n) is 5.20. The number of hydrogen-bond acceptors (Lipinski definition) is 3. The predicted octanol–water partition coefficient (Wildman–Crippen LogP) is 3.35. The number of nitrogens with one attached hydrogen (secondary N) is 1. The van der Waals surface area contributed by atoms with Crippen molar-refractivity contribution in [1.82, 2.24) is 10.2 Å². The molecule has 1 aromatic carbocycles. The molecule has 0 aromatic heterocycles. The van der Waals surface area contributed by atoms with Crippen LogP contribution in [-0.4, -0.2) is 37.7 Å². The number of methoxy groups -OCH3 is 1. The first-order chi connectivity index (χ1) is 11.7. The molecule has 1 atom stereocenters. The maximum atomic E-state index is 12.8. The van der Waals surface area contributed by atoms with Gasteiger partial charge in [0.1, 0.15) is 11.5 Å². The van der Waals surface area contributed by atoms with Crippen molar-refractivity contribution in [2.75, 3.05) is 26.8 Å². The second kappa shape index (κ2) is 6.54. The van der Waals surface area contributed by atoms with Gasteiger partial charge in [0.05, 0.1) is 19.8 Å². The summed E-state index contributed by atoms with van der Waals surface area (Å²) in [6, 6.07) is 5.94. The van der Waals surface area contributed by atoms with Crippen molar-refractivity contribution in [3.8, 4) is 11.5 Å². The molecular formula is C19H26N2O3. The largest absolute Gasteiger partial charge is 0.497 e. The highest BCUT2D eigenvalue weighted by Crippen LogP contribution is 2.36. The van der Waals surface area contributed by atoms with Crippen LogP contribution in [0.4, 0.5) is 4.79 Å². The highest BCUT2D eigenvalue weighted by Gasteiger charge is 2.33. The molecule has 1 aliphatic heterocycles. The summed E-state index contributed by atoms with van der Waals surface area (Å²) in [5, 5.41) is 3.25. The molecular weight excluding hydrogens is 304 g/mol. The van der Waals surface area contributed by atoms with E-state index in [1.807, 2.05) is 23.1 Å². The van der Waals surface area contributed by atoms with E-state index in [0.717, 1.165) is 48.4 Å². The monoisotopic (exact) mass is 330 g/mol. The summed E-state index contributed by atoms with van der Waals surface area (Å²) < 4.78 is 11.0. The molecule has 3 aliphatic rings. The average molecular weight is 330 g/mol. The average Bonchev–Trinajstić information content (AvgIpc) is 3.50. The highest BCUT2D eigenvalue weighted by molar-refractivity contribution is 5.75. The predicted molar refractivity (Wildman–Crippen MR) is 91.4 cm³/mol. The fourth-order valence-electron chi connectivity index (χ4n) is 3.35. The minimum Gasteiger partial charge on any atom is -0.497 e. The zero-order valence-corrected chi connectivity index (χ0v) is 14.3. The summed E-state index contributed by atoms with van der Waals surface area (Å²) >= 11 is 0. The molecule has 0 saturated heterocycles. The lowest BCUT2D eigenvalue weighted by molar-refractivity contribution is 0.181. The van der Waals surface area contributed by atoms with Gasteiger partial charge in [0, 0.05) is 31.1 Å². The molecule has 1 heterocycles.